The highest BCUT2D eigenvalue weighted by atomic mass is 16.1. The summed E-state index contributed by atoms with van der Waals surface area (Å²) in [6.45, 7) is 4.98. The molecule has 22 heavy (non-hydrogen) atoms. The molecular formula is C17H22N4O. The Morgan fingerprint density at radius 1 is 1.36 bits per heavy atom. The van der Waals surface area contributed by atoms with Crippen molar-refractivity contribution < 1.29 is 4.79 Å². The molecule has 0 saturated carbocycles. The van der Waals surface area contributed by atoms with Gasteiger partial charge in [0.25, 0.3) is 5.91 Å². The van der Waals surface area contributed by atoms with Crippen molar-refractivity contribution >= 4 is 5.91 Å². The predicted molar refractivity (Wildman–Crippen MR) is 86.3 cm³/mol. The maximum Gasteiger partial charge on any atom is 0.254 e. The zero-order valence-electron chi connectivity index (χ0n) is 13.0. The number of carbonyl (C=O) groups is 1. The monoisotopic (exact) mass is 298 g/mol. The van der Waals surface area contributed by atoms with Gasteiger partial charge in [0.15, 0.2) is 0 Å². The number of aryl methyl sites for hydroxylation is 1. The fraction of sp³-hybridized carbons (Fsp3) is 0.412. The molecule has 1 amide bonds. The smallest absolute Gasteiger partial charge is 0.254 e. The molecule has 1 aliphatic heterocycles. The number of nitrogens with one attached hydrogen (secondary N) is 2. The lowest BCUT2D eigenvalue weighted by atomic mass is 10.0. The van der Waals surface area contributed by atoms with Gasteiger partial charge in [0.05, 0.1) is 16.9 Å². The van der Waals surface area contributed by atoms with E-state index < -0.39 is 0 Å². The van der Waals surface area contributed by atoms with Crippen LogP contribution in [0.15, 0.2) is 36.5 Å². The first kappa shape index (κ1) is 14.8. The lowest BCUT2D eigenvalue weighted by molar-refractivity contribution is 0.0925. The molecule has 1 fully saturated rings. The number of hydrogen-bond donors (Lipinski definition) is 2. The van der Waals surface area contributed by atoms with Crippen LogP contribution in [0.1, 0.15) is 35.8 Å². The largest absolute Gasteiger partial charge is 0.349 e. The summed E-state index contributed by atoms with van der Waals surface area (Å²) in [7, 11) is 0. The van der Waals surface area contributed by atoms with Gasteiger partial charge in [0.2, 0.25) is 0 Å². The number of nitrogens with zero attached hydrogens (tertiary/aromatic N) is 2. The van der Waals surface area contributed by atoms with Crippen molar-refractivity contribution in [2.75, 3.05) is 6.54 Å². The average molecular weight is 298 g/mol. The van der Waals surface area contributed by atoms with Crippen LogP contribution in [0.3, 0.4) is 0 Å². The molecule has 2 heterocycles. The number of para-hydroxylation sites is 1. The molecule has 3 rings (SSSR count). The Kier molecular flexibility index (Phi) is 4.24. The molecule has 2 atom stereocenters. The maximum atomic E-state index is 12.5. The molecule has 2 N–H and O–H groups in total. The van der Waals surface area contributed by atoms with E-state index in [4.69, 9.17) is 0 Å². The molecule has 1 aromatic heterocycles. The van der Waals surface area contributed by atoms with Crippen molar-refractivity contribution in [1.82, 2.24) is 20.4 Å². The highest BCUT2D eigenvalue weighted by Gasteiger charge is 2.22. The van der Waals surface area contributed by atoms with Crippen LogP contribution in [0, 0.1) is 6.92 Å². The van der Waals surface area contributed by atoms with E-state index in [-0.39, 0.29) is 11.9 Å². The molecule has 0 aliphatic carbocycles. The summed E-state index contributed by atoms with van der Waals surface area (Å²) in [5.74, 6) is -0.0289. The minimum Gasteiger partial charge on any atom is -0.349 e. The van der Waals surface area contributed by atoms with Crippen molar-refractivity contribution in [2.24, 2.45) is 0 Å². The van der Waals surface area contributed by atoms with Gasteiger partial charge in [-0.05, 0) is 45.4 Å². The van der Waals surface area contributed by atoms with Crippen molar-refractivity contribution in [3.8, 4) is 5.69 Å². The Morgan fingerprint density at radius 2 is 2.14 bits per heavy atom. The molecule has 1 saturated heterocycles. The zero-order chi connectivity index (χ0) is 15.5. The third kappa shape index (κ3) is 3.20. The molecule has 1 aliphatic rings. The SMILES string of the molecule is Cc1nn(-c2ccccc2)cc1C(=O)NC1CCNC(C)C1. The fourth-order valence-electron chi connectivity index (χ4n) is 2.92. The van der Waals surface area contributed by atoms with Crippen molar-refractivity contribution in [2.45, 2.75) is 38.8 Å². The summed E-state index contributed by atoms with van der Waals surface area (Å²) < 4.78 is 1.76. The molecule has 1 aromatic carbocycles. The quantitative estimate of drug-likeness (QED) is 0.912. The minimum absolute atomic E-state index is 0.0289. The van der Waals surface area contributed by atoms with Gasteiger partial charge in [-0.1, -0.05) is 18.2 Å². The van der Waals surface area contributed by atoms with Gasteiger partial charge in [0.1, 0.15) is 0 Å². The van der Waals surface area contributed by atoms with E-state index in [1.807, 2.05) is 43.5 Å². The van der Waals surface area contributed by atoms with E-state index in [1.54, 1.807) is 4.68 Å². The second kappa shape index (κ2) is 6.32. The lowest BCUT2D eigenvalue weighted by Crippen LogP contribution is -2.46. The predicted octanol–water partition coefficient (Wildman–Crippen LogP) is 2.05. The summed E-state index contributed by atoms with van der Waals surface area (Å²) in [4.78, 5) is 12.5. The molecule has 0 radical (unpaired) electrons. The van der Waals surface area contributed by atoms with Crippen LogP contribution in [0.4, 0.5) is 0 Å². The first-order valence-corrected chi connectivity index (χ1v) is 7.79. The van der Waals surface area contributed by atoms with Crippen LogP contribution in [0.25, 0.3) is 5.69 Å². The van der Waals surface area contributed by atoms with Crippen LogP contribution < -0.4 is 10.6 Å². The number of carbonyl (C=O) groups excluding carboxylic acids is 1. The van der Waals surface area contributed by atoms with Gasteiger partial charge < -0.3 is 10.6 Å². The van der Waals surface area contributed by atoms with E-state index in [2.05, 4.69) is 22.7 Å². The van der Waals surface area contributed by atoms with Gasteiger partial charge in [0, 0.05) is 18.3 Å². The van der Waals surface area contributed by atoms with Crippen molar-refractivity contribution in [1.29, 1.82) is 0 Å². The van der Waals surface area contributed by atoms with Crippen LogP contribution in [0.2, 0.25) is 0 Å². The van der Waals surface area contributed by atoms with Crippen molar-refractivity contribution in [3.05, 3.63) is 47.8 Å². The maximum absolute atomic E-state index is 12.5. The normalized spacial score (nSPS) is 21.5. The highest BCUT2D eigenvalue weighted by Crippen LogP contribution is 2.14. The molecule has 5 heteroatoms. The number of aromatic nitrogens is 2. The van der Waals surface area contributed by atoms with Crippen LogP contribution in [0.5, 0.6) is 0 Å². The number of benzene rings is 1. The summed E-state index contributed by atoms with van der Waals surface area (Å²) >= 11 is 0. The Labute approximate surface area is 130 Å². The van der Waals surface area contributed by atoms with E-state index in [9.17, 15) is 4.79 Å². The first-order valence-electron chi connectivity index (χ1n) is 7.79. The topological polar surface area (TPSA) is 59.0 Å². The van der Waals surface area contributed by atoms with E-state index in [1.165, 1.54) is 0 Å². The molecule has 5 nitrogen and oxygen atoms in total. The second-order valence-electron chi connectivity index (χ2n) is 5.96. The van der Waals surface area contributed by atoms with E-state index in [0.717, 1.165) is 30.8 Å². The lowest BCUT2D eigenvalue weighted by Gasteiger charge is -2.28. The third-order valence-electron chi connectivity index (χ3n) is 4.12. The summed E-state index contributed by atoms with van der Waals surface area (Å²) in [6, 6.07) is 10.5. The third-order valence-corrected chi connectivity index (χ3v) is 4.12. The van der Waals surface area contributed by atoms with Gasteiger partial charge >= 0.3 is 0 Å². The van der Waals surface area contributed by atoms with Gasteiger partial charge in [-0.25, -0.2) is 4.68 Å². The zero-order valence-corrected chi connectivity index (χ0v) is 13.0. The number of amides is 1. The molecular weight excluding hydrogens is 276 g/mol. The molecule has 116 valence electrons. The van der Waals surface area contributed by atoms with Gasteiger partial charge in [-0.3, -0.25) is 4.79 Å². The van der Waals surface area contributed by atoms with Gasteiger partial charge in [-0.2, -0.15) is 5.10 Å². The molecule has 2 aromatic rings. The molecule has 0 bridgehead atoms. The fourth-order valence-corrected chi connectivity index (χ4v) is 2.92. The van der Waals surface area contributed by atoms with Crippen LogP contribution in [-0.2, 0) is 0 Å². The Bertz CT molecular complexity index is 650. The van der Waals surface area contributed by atoms with Crippen LogP contribution in [-0.4, -0.2) is 34.3 Å². The molecule has 2 unspecified atom stereocenters. The van der Waals surface area contributed by atoms with Gasteiger partial charge in [-0.15, -0.1) is 0 Å². The van der Waals surface area contributed by atoms with Crippen molar-refractivity contribution in [3.63, 3.8) is 0 Å². The summed E-state index contributed by atoms with van der Waals surface area (Å²) in [5.41, 5.74) is 2.36. The second-order valence-corrected chi connectivity index (χ2v) is 5.96. The van der Waals surface area contributed by atoms with Crippen LogP contribution >= 0.6 is 0 Å². The Morgan fingerprint density at radius 3 is 2.86 bits per heavy atom. The summed E-state index contributed by atoms with van der Waals surface area (Å²) in [6.07, 6.45) is 3.75. The van der Waals surface area contributed by atoms with E-state index >= 15 is 0 Å². The number of hydrogen-bond acceptors (Lipinski definition) is 3. The number of rotatable bonds is 3. The number of piperidine rings is 1. The molecule has 0 spiro atoms. The average Bonchev–Trinajstić information content (AvgIpc) is 2.90. The highest BCUT2D eigenvalue weighted by molar-refractivity contribution is 5.95. The minimum atomic E-state index is -0.0289. The van der Waals surface area contributed by atoms with E-state index in [0.29, 0.717) is 11.6 Å². The standard InChI is InChI=1S/C17H22N4O/c1-12-10-14(8-9-18-12)19-17(22)16-11-21(20-13(16)2)15-6-4-3-5-7-15/h3-7,11-12,14,18H,8-10H2,1-2H3,(H,19,22). The summed E-state index contributed by atoms with van der Waals surface area (Å²) in [5, 5.41) is 11.0. The Balaban J connectivity index is 1.74. The Hall–Kier alpha value is -2.14. The first-order chi connectivity index (χ1) is 10.6.